The van der Waals surface area contributed by atoms with Gasteiger partial charge in [0.1, 0.15) is 0 Å². The first kappa shape index (κ1) is 21.4. The van der Waals surface area contributed by atoms with Gasteiger partial charge in [0.2, 0.25) is 15.9 Å². The zero-order valence-electron chi connectivity index (χ0n) is 17.2. The van der Waals surface area contributed by atoms with Crippen LogP contribution in [-0.2, 0) is 14.8 Å². The Balaban J connectivity index is 1.30. The molecule has 1 amide bonds. The number of amides is 1. The van der Waals surface area contributed by atoms with Crippen LogP contribution in [-0.4, -0.2) is 52.1 Å². The number of hydrogen-bond acceptors (Lipinski definition) is 5. The van der Waals surface area contributed by atoms with Gasteiger partial charge in [-0.05, 0) is 29.7 Å². The molecule has 0 aromatic heterocycles. The second-order valence-electron chi connectivity index (χ2n) is 7.49. The lowest BCUT2D eigenvalue weighted by Gasteiger charge is -2.26. The van der Waals surface area contributed by atoms with E-state index in [1.54, 1.807) is 11.0 Å². The fourth-order valence-corrected chi connectivity index (χ4v) is 4.70. The third kappa shape index (κ3) is 5.26. The van der Waals surface area contributed by atoms with Gasteiger partial charge in [-0.1, -0.05) is 36.4 Å². The lowest BCUT2D eigenvalue weighted by molar-refractivity contribution is -0.130. The van der Waals surface area contributed by atoms with Gasteiger partial charge in [0.15, 0.2) is 11.5 Å². The molecule has 0 bridgehead atoms. The summed E-state index contributed by atoms with van der Waals surface area (Å²) >= 11 is 0. The van der Waals surface area contributed by atoms with Crippen molar-refractivity contribution in [3.05, 3.63) is 60.2 Å². The molecule has 0 radical (unpaired) electrons. The van der Waals surface area contributed by atoms with E-state index in [0.29, 0.717) is 37.8 Å². The Labute approximate surface area is 182 Å². The van der Waals surface area contributed by atoms with Crippen molar-refractivity contribution >= 4 is 21.5 Å². The fourth-order valence-electron chi connectivity index (χ4n) is 3.65. The quantitative estimate of drug-likeness (QED) is 0.744. The Kier molecular flexibility index (Phi) is 6.58. The predicted molar refractivity (Wildman–Crippen MR) is 117 cm³/mol. The maximum Gasteiger partial charge on any atom is 0.240 e. The number of carbonyl (C=O) groups excluding carboxylic acids is 1. The van der Waals surface area contributed by atoms with Crippen LogP contribution in [0.1, 0.15) is 24.8 Å². The van der Waals surface area contributed by atoms with Gasteiger partial charge in [0.25, 0.3) is 0 Å². The van der Waals surface area contributed by atoms with E-state index in [1.807, 2.05) is 18.2 Å². The molecule has 0 fully saturated rings. The number of ether oxygens (including phenoxy) is 2. The van der Waals surface area contributed by atoms with E-state index < -0.39 is 10.0 Å². The van der Waals surface area contributed by atoms with E-state index in [9.17, 15) is 13.2 Å². The van der Waals surface area contributed by atoms with Crippen LogP contribution in [0.3, 0.4) is 0 Å². The van der Waals surface area contributed by atoms with E-state index in [-0.39, 0.29) is 23.8 Å². The first-order valence-electron chi connectivity index (χ1n) is 10.4. The van der Waals surface area contributed by atoms with Gasteiger partial charge in [0.05, 0.1) is 18.1 Å². The van der Waals surface area contributed by atoms with Crippen LogP contribution in [0.2, 0.25) is 0 Å². The molecule has 164 valence electrons. The predicted octanol–water partition coefficient (Wildman–Crippen LogP) is 2.83. The largest absolute Gasteiger partial charge is 0.490 e. The topological polar surface area (TPSA) is 84.9 Å². The summed E-state index contributed by atoms with van der Waals surface area (Å²) in [4.78, 5) is 14.4. The van der Waals surface area contributed by atoms with Gasteiger partial charge < -0.3 is 14.4 Å². The van der Waals surface area contributed by atoms with Crippen molar-refractivity contribution < 1.29 is 22.7 Å². The monoisotopic (exact) mass is 442 g/mol. The van der Waals surface area contributed by atoms with Crippen molar-refractivity contribution in [2.24, 2.45) is 0 Å². The molecule has 2 aromatic carbocycles. The molecule has 2 heterocycles. The van der Waals surface area contributed by atoms with Crippen LogP contribution >= 0.6 is 0 Å². The summed E-state index contributed by atoms with van der Waals surface area (Å²) < 4.78 is 38.9. The van der Waals surface area contributed by atoms with Gasteiger partial charge >= 0.3 is 0 Å². The SMILES string of the molecule is O=C(CCNS(=O)(=O)c1ccc2c(c1)OCCCO2)N1CC=C(c2ccccc2)CC1. The van der Waals surface area contributed by atoms with E-state index in [2.05, 4.69) is 22.9 Å². The van der Waals surface area contributed by atoms with Crippen molar-refractivity contribution in [2.75, 3.05) is 32.8 Å². The van der Waals surface area contributed by atoms with Crippen LogP contribution in [0, 0.1) is 0 Å². The standard InChI is InChI=1S/C23H26N2O5S/c26-23(25-13-10-19(11-14-25)18-5-2-1-3-6-18)9-12-24-31(27,28)20-7-8-21-22(17-20)30-16-4-15-29-21/h1-3,5-8,10,17,24H,4,9,11-16H2. The molecule has 31 heavy (non-hydrogen) atoms. The minimum Gasteiger partial charge on any atom is -0.490 e. The number of hydrogen-bond donors (Lipinski definition) is 1. The number of carbonyl (C=O) groups is 1. The molecular weight excluding hydrogens is 416 g/mol. The molecule has 0 saturated heterocycles. The highest BCUT2D eigenvalue weighted by Gasteiger charge is 2.21. The van der Waals surface area contributed by atoms with Crippen molar-refractivity contribution in [2.45, 2.75) is 24.2 Å². The second kappa shape index (κ2) is 9.53. The Bertz CT molecular complexity index is 1070. The number of rotatable bonds is 6. The highest BCUT2D eigenvalue weighted by atomic mass is 32.2. The number of benzene rings is 2. The Morgan fingerprint density at radius 2 is 1.81 bits per heavy atom. The first-order chi connectivity index (χ1) is 15.0. The second-order valence-corrected chi connectivity index (χ2v) is 9.26. The smallest absolute Gasteiger partial charge is 0.240 e. The summed E-state index contributed by atoms with van der Waals surface area (Å²) in [5.41, 5.74) is 2.41. The highest BCUT2D eigenvalue weighted by molar-refractivity contribution is 7.89. The molecule has 4 rings (SSSR count). The summed E-state index contributed by atoms with van der Waals surface area (Å²) in [5.74, 6) is 0.898. The molecule has 0 atom stereocenters. The average molecular weight is 443 g/mol. The normalized spacial score (nSPS) is 16.4. The highest BCUT2D eigenvalue weighted by Crippen LogP contribution is 2.31. The summed E-state index contributed by atoms with van der Waals surface area (Å²) in [6.07, 6.45) is 3.71. The van der Waals surface area contributed by atoms with Crippen molar-refractivity contribution in [1.82, 2.24) is 9.62 Å². The maximum absolute atomic E-state index is 12.6. The van der Waals surface area contributed by atoms with E-state index >= 15 is 0 Å². The molecule has 0 saturated carbocycles. The van der Waals surface area contributed by atoms with Crippen molar-refractivity contribution in [3.8, 4) is 11.5 Å². The summed E-state index contributed by atoms with van der Waals surface area (Å²) in [6.45, 7) is 2.24. The van der Waals surface area contributed by atoms with Crippen molar-refractivity contribution in [3.63, 3.8) is 0 Å². The molecule has 0 aliphatic carbocycles. The zero-order chi connectivity index (χ0) is 21.7. The number of sulfonamides is 1. The fraction of sp³-hybridized carbons (Fsp3) is 0.348. The van der Waals surface area contributed by atoms with Crippen LogP contribution < -0.4 is 14.2 Å². The molecule has 8 heteroatoms. The van der Waals surface area contributed by atoms with E-state index in [0.717, 1.165) is 12.8 Å². The van der Waals surface area contributed by atoms with Crippen LogP contribution in [0.4, 0.5) is 0 Å². The molecule has 2 aromatic rings. The first-order valence-corrected chi connectivity index (χ1v) is 11.9. The van der Waals surface area contributed by atoms with Gasteiger partial charge in [-0.25, -0.2) is 13.1 Å². The van der Waals surface area contributed by atoms with E-state index in [4.69, 9.17) is 9.47 Å². The zero-order valence-corrected chi connectivity index (χ0v) is 18.1. The third-order valence-corrected chi connectivity index (χ3v) is 6.83. The molecule has 0 spiro atoms. The Morgan fingerprint density at radius 3 is 2.55 bits per heavy atom. The summed E-state index contributed by atoms with van der Waals surface area (Å²) in [7, 11) is -3.75. The van der Waals surface area contributed by atoms with Crippen LogP contribution in [0.15, 0.2) is 59.5 Å². The number of nitrogens with zero attached hydrogens (tertiary/aromatic N) is 1. The molecule has 7 nitrogen and oxygen atoms in total. The third-order valence-electron chi connectivity index (χ3n) is 5.37. The lowest BCUT2D eigenvalue weighted by atomic mass is 9.99. The summed E-state index contributed by atoms with van der Waals surface area (Å²) in [5, 5.41) is 0. The average Bonchev–Trinajstić information content (AvgIpc) is 3.04. The molecule has 2 aliphatic rings. The maximum atomic E-state index is 12.6. The van der Waals surface area contributed by atoms with Crippen LogP contribution in [0.25, 0.3) is 5.57 Å². The molecule has 2 aliphatic heterocycles. The summed E-state index contributed by atoms with van der Waals surface area (Å²) in [6, 6.07) is 14.7. The molecule has 0 unspecified atom stereocenters. The molecule has 1 N–H and O–H groups in total. The van der Waals surface area contributed by atoms with Gasteiger partial charge in [-0.15, -0.1) is 0 Å². The Morgan fingerprint density at radius 1 is 1.03 bits per heavy atom. The van der Waals surface area contributed by atoms with Crippen molar-refractivity contribution in [1.29, 1.82) is 0 Å². The minimum atomic E-state index is -3.75. The van der Waals surface area contributed by atoms with E-state index in [1.165, 1.54) is 23.3 Å². The number of nitrogens with one attached hydrogen (secondary N) is 1. The minimum absolute atomic E-state index is 0.0430. The van der Waals surface area contributed by atoms with Gasteiger partial charge in [-0.2, -0.15) is 0 Å². The van der Waals surface area contributed by atoms with Crippen LogP contribution in [0.5, 0.6) is 11.5 Å². The van der Waals surface area contributed by atoms with Gasteiger partial charge in [-0.3, -0.25) is 4.79 Å². The van der Waals surface area contributed by atoms with Gasteiger partial charge in [0, 0.05) is 38.5 Å². The molecular formula is C23H26N2O5S. The lowest BCUT2D eigenvalue weighted by Crippen LogP contribution is -2.37. The number of fused-ring (bicyclic) bond motifs is 1. The Hall–Kier alpha value is -2.84.